The van der Waals surface area contributed by atoms with Crippen molar-refractivity contribution in [3.05, 3.63) is 0 Å². The molecule has 1 fully saturated rings. The molecule has 1 aliphatic carbocycles. The van der Waals surface area contributed by atoms with Crippen molar-refractivity contribution in [3.63, 3.8) is 0 Å². The smallest absolute Gasteiger partial charge is 0.0613 e. The Morgan fingerprint density at radius 2 is 2.06 bits per heavy atom. The van der Waals surface area contributed by atoms with Crippen molar-refractivity contribution in [1.29, 1.82) is 0 Å². The maximum absolute atomic E-state index is 9.65. The maximum atomic E-state index is 9.65. The molecule has 0 bridgehead atoms. The van der Waals surface area contributed by atoms with Gasteiger partial charge in [0, 0.05) is 12.1 Å². The summed E-state index contributed by atoms with van der Waals surface area (Å²) >= 11 is 0. The highest BCUT2D eigenvalue weighted by molar-refractivity contribution is 4.86. The van der Waals surface area contributed by atoms with Gasteiger partial charge in [0.1, 0.15) is 0 Å². The van der Waals surface area contributed by atoms with Crippen molar-refractivity contribution in [3.8, 4) is 0 Å². The van der Waals surface area contributed by atoms with Crippen LogP contribution in [0.1, 0.15) is 52.4 Å². The molecule has 0 aromatic heterocycles. The number of hydrogen-bond donors (Lipinski definition) is 2. The predicted molar refractivity (Wildman–Crippen MR) is 77.9 cm³/mol. The first kappa shape index (κ1) is 15.9. The molecular formula is C15H32N2O. The molecule has 1 aliphatic rings. The minimum atomic E-state index is -0.0452. The second-order valence-electron chi connectivity index (χ2n) is 6.03. The Bertz CT molecular complexity index is 213. The number of hydrogen-bond acceptors (Lipinski definition) is 3. The lowest BCUT2D eigenvalue weighted by Crippen LogP contribution is -2.48. The number of rotatable bonds is 11. The Morgan fingerprint density at radius 3 is 2.56 bits per heavy atom. The van der Waals surface area contributed by atoms with Crippen LogP contribution in [0, 0.1) is 5.92 Å². The molecule has 3 heteroatoms. The van der Waals surface area contributed by atoms with E-state index >= 15 is 0 Å². The van der Waals surface area contributed by atoms with Gasteiger partial charge in [0.15, 0.2) is 0 Å². The van der Waals surface area contributed by atoms with Crippen molar-refractivity contribution in [2.24, 2.45) is 5.92 Å². The van der Waals surface area contributed by atoms with E-state index in [4.69, 9.17) is 0 Å². The molecule has 1 unspecified atom stereocenters. The van der Waals surface area contributed by atoms with Gasteiger partial charge >= 0.3 is 0 Å². The summed E-state index contributed by atoms with van der Waals surface area (Å²) in [6, 6.07) is 0. The van der Waals surface area contributed by atoms with E-state index in [-0.39, 0.29) is 12.1 Å². The van der Waals surface area contributed by atoms with E-state index in [1.54, 1.807) is 0 Å². The first-order valence-corrected chi connectivity index (χ1v) is 7.70. The molecule has 1 atom stereocenters. The van der Waals surface area contributed by atoms with Gasteiger partial charge in [-0.15, -0.1) is 0 Å². The minimum Gasteiger partial charge on any atom is -0.394 e. The predicted octanol–water partition coefficient (Wildman–Crippen LogP) is 2.25. The van der Waals surface area contributed by atoms with Crippen LogP contribution in [-0.4, -0.2) is 48.8 Å². The van der Waals surface area contributed by atoms with Crippen LogP contribution in [0.25, 0.3) is 0 Å². The third-order valence-corrected chi connectivity index (χ3v) is 4.19. The molecule has 0 aromatic carbocycles. The van der Waals surface area contributed by atoms with Gasteiger partial charge in [0.25, 0.3) is 0 Å². The summed E-state index contributed by atoms with van der Waals surface area (Å²) in [6.45, 7) is 8.04. The highest BCUT2D eigenvalue weighted by Crippen LogP contribution is 2.29. The van der Waals surface area contributed by atoms with Gasteiger partial charge in [-0.25, -0.2) is 0 Å². The van der Waals surface area contributed by atoms with Gasteiger partial charge in [-0.1, -0.05) is 13.8 Å². The Hall–Kier alpha value is -0.120. The number of nitrogens with zero attached hydrogens (tertiary/aromatic N) is 1. The van der Waals surface area contributed by atoms with Gasteiger partial charge in [0.2, 0.25) is 0 Å². The second-order valence-corrected chi connectivity index (χ2v) is 6.03. The lowest BCUT2D eigenvalue weighted by Gasteiger charge is -2.33. The van der Waals surface area contributed by atoms with Crippen LogP contribution in [0.2, 0.25) is 0 Å². The van der Waals surface area contributed by atoms with Gasteiger partial charge in [-0.05, 0) is 64.6 Å². The zero-order chi connectivity index (χ0) is 13.4. The summed E-state index contributed by atoms with van der Waals surface area (Å²) in [7, 11) is 2.23. The fourth-order valence-corrected chi connectivity index (χ4v) is 2.55. The Labute approximate surface area is 113 Å². The number of aliphatic hydroxyl groups is 1. The fraction of sp³-hybridized carbons (Fsp3) is 1.00. The summed E-state index contributed by atoms with van der Waals surface area (Å²) in [5, 5.41) is 13.2. The third-order valence-electron chi connectivity index (χ3n) is 4.19. The van der Waals surface area contributed by atoms with E-state index in [1.165, 1.54) is 25.8 Å². The van der Waals surface area contributed by atoms with Crippen molar-refractivity contribution in [2.75, 3.05) is 33.3 Å². The first-order valence-electron chi connectivity index (χ1n) is 7.70. The molecule has 2 N–H and O–H groups in total. The largest absolute Gasteiger partial charge is 0.394 e. The van der Waals surface area contributed by atoms with Gasteiger partial charge in [-0.2, -0.15) is 0 Å². The molecule has 0 aromatic rings. The van der Waals surface area contributed by atoms with Crippen LogP contribution >= 0.6 is 0 Å². The van der Waals surface area contributed by atoms with Crippen LogP contribution in [-0.2, 0) is 0 Å². The molecule has 1 saturated carbocycles. The molecule has 0 heterocycles. The van der Waals surface area contributed by atoms with Crippen molar-refractivity contribution >= 4 is 0 Å². The van der Waals surface area contributed by atoms with Crippen LogP contribution in [0.3, 0.4) is 0 Å². The van der Waals surface area contributed by atoms with E-state index < -0.39 is 0 Å². The van der Waals surface area contributed by atoms with Crippen LogP contribution in [0.15, 0.2) is 0 Å². The average molecular weight is 256 g/mol. The quantitative estimate of drug-likeness (QED) is 0.595. The molecule has 0 spiro atoms. The van der Waals surface area contributed by atoms with Crippen LogP contribution in [0.5, 0.6) is 0 Å². The molecule has 0 radical (unpaired) electrons. The molecule has 0 aliphatic heterocycles. The Balaban J connectivity index is 2.22. The van der Waals surface area contributed by atoms with E-state index in [2.05, 4.69) is 31.1 Å². The standard InChI is InChI=1S/C15H32N2O/c1-4-10-16-15(5-2,13-18)9-6-11-17(3)12-14-7-8-14/h14,16,18H,4-13H2,1-3H3. The van der Waals surface area contributed by atoms with Gasteiger partial charge in [-0.3, -0.25) is 0 Å². The molecule has 108 valence electrons. The number of aliphatic hydroxyl groups excluding tert-OH is 1. The number of nitrogens with one attached hydrogen (secondary N) is 1. The molecule has 3 nitrogen and oxygen atoms in total. The topological polar surface area (TPSA) is 35.5 Å². The van der Waals surface area contributed by atoms with Crippen molar-refractivity contribution < 1.29 is 5.11 Å². The highest BCUT2D eigenvalue weighted by atomic mass is 16.3. The monoisotopic (exact) mass is 256 g/mol. The minimum absolute atomic E-state index is 0.0452. The molecule has 1 rings (SSSR count). The normalized spacial score (nSPS) is 19.2. The lowest BCUT2D eigenvalue weighted by atomic mass is 9.91. The fourth-order valence-electron chi connectivity index (χ4n) is 2.55. The van der Waals surface area contributed by atoms with Crippen molar-refractivity contribution in [2.45, 2.75) is 57.9 Å². The molecular weight excluding hydrogens is 224 g/mol. The van der Waals surface area contributed by atoms with Crippen LogP contribution in [0.4, 0.5) is 0 Å². The zero-order valence-electron chi connectivity index (χ0n) is 12.5. The maximum Gasteiger partial charge on any atom is 0.0613 e. The summed E-state index contributed by atoms with van der Waals surface area (Å²) < 4.78 is 0. The zero-order valence-corrected chi connectivity index (χ0v) is 12.5. The highest BCUT2D eigenvalue weighted by Gasteiger charge is 2.26. The van der Waals surface area contributed by atoms with E-state index in [0.717, 1.165) is 38.3 Å². The Kier molecular flexibility index (Phi) is 7.20. The Morgan fingerprint density at radius 1 is 1.33 bits per heavy atom. The average Bonchev–Trinajstić information content (AvgIpc) is 3.18. The summed E-state index contributed by atoms with van der Waals surface area (Å²) in [5.41, 5.74) is -0.0452. The summed E-state index contributed by atoms with van der Waals surface area (Å²) in [4.78, 5) is 2.45. The van der Waals surface area contributed by atoms with E-state index in [9.17, 15) is 5.11 Å². The van der Waals surface area contributed by atoms with E-state index in [1.807, 2.05) is 0 Å². The SMILES string of the molecule is CCCNC(CC)(CO)CCCN(C)CC1CC1. The molecule has 0 saturated heterocycles. The second kappa shape index (κ2) is 8.13. The van der Waals surface area contributed by atoms with Crippen LogP contribution < -0.4 is 5.32 Å². The van der Waals surface area contributed by atoms with E-state index in [0.29, 0.717) is 0 Å². The molecule has 0 amide bonds. The summed E-state index contributed by atoms with van der Waals surface area (Å²) in [5.74, 6) is 0.974. The van der Waals surface area contributed by atoms with Gasteiger partial charge in [0.05, 0.1) is 6.61 Å². The van der Waals surface area contributed by atoms with Gasteiger partial charge < -0.3 is 15.3 Å². The van der Waals surface area contributed by atoms with Crippen molar-refractivity contribution in [1.82, 2.24) is 10.2 Å². The summed E-state index contributed by atoms with van der Waals surface area (Å²) in [6.07, 6.45) is 7.25. The lowest BCUT2D eigenvalue weighted by molar-refractivity contribution is 0.140. The third kappa shape index (κ3) is 5.68. The molecule has 18 heavy (non-hydrogen) atoms. The first-order chi connectivity index (χ1) is 8.65.